The minimum atomic E-state index is -0.761. The predicted molar refractivity (Wildman–Crippen MR) is 75.1 cm³/mol. The van der Waals surface area contributed by atoms with Crippen molar-refractivity contribution in [2.24, 2.45) is 0 Å². The van der Waals surface area contributed by atoms with E-state index in [9.17, 15) is 9.59 Å². The molecule has 18 heavy (non-hydrogen) atoms. The fourth-order valence-electron chi connectivity index (χ4n) is 1.48. The van der Waals surface area contributed by atoms with E-state index in [1.165, 1.54) is 0 Å². The predicted octanol–water partition coefficient (Wildman–Crippen LogP) is 2.07. The summed E-state index contributed by atoms with van der Waals surface area (Å²) in [6.07, 6.45) is 5.46. The van der Waals surface area contributed by atoms with Crippen molar-refractivity contribution in [3.05, 3.63) is 0 Å². The Morgan fingerprint density at radius 1 is 1.28 bits per heavy atom. The molecule has 0 spiro atoms. The third-order valence-corrected chi connectivity index (χ3v) is 3.28. The summed E-state index contributed by atoms with van der Waals surface area (Å²) in [5.41, 5.74) is 0. The molecule has 3 N–H and O–H groups in total. The van der Waals surface area contributed by atoms with Crippen molar-refractivity contribution >= 4 is 23.8 Å². The van der Waals surface area contributed by atoms with Gasteiger partial charge >= 0.3 is 12.0 Å². The highest BCUT2D eigenvalue weighted by Gasteiger charge is 2.08. The number of carbonyl (C=O) groups is 2. The van der Waals surface area contributed by atoms with Gasteiger partial charge in [0.2, 0.25) is 0 Å². The van der Waals surface area contributed by atoms with Crippen LogP contribution in [-0.4, -0.2) is 41.7 Å². The smallest absolute Gasteiger partial charge is 0.315 e. The molecule has 5 nitrogen and oxygen atoms in total. The van der Waals surface area contributed by atoms with Gasteiger partial charge in [-0.3, -0.25) is 4.79 Å². The highest BCUT2D eigenvalue weighted by atomic mass is 32.2. The second-order valence-corrected chi connectivity index (χ2v) is 5.08. The van der Waals surface area contributed by atoms with Crippen LogP contribution in [0.3, 0.4) is 0 Å². The maximum absolute atomic E-state index is 11.5. The van der Waals surface area contributed by atoms with Crippen LogP contribution in [0.1, 0.15) is 39.0 Å². The zero-order chi connectivity index (χ0) is 13.8. The van der Waals surface area contributed by atoms with Crippen molar-refractivity contribution in [2.75, 3.05) is 18.6 Å². The molecule has 0 saturated carbocycles. The summed E-state index contributed by atoms with van der Waals surface area (Å²) in [5, 5.41) is 14.2. The molecule has 0 heterocycles. The Kier molecular flexibility index (Phi) is 10.6. The SMILES string of the molecule is CCC(CSC)NC(=O)NCCCCCC(=O)O. The summed E-state index contributed by atoms with van der Waals surface area (Å²) in [4.78, 5) is 21.8. The molecule has 0 aliphatic carbocycles. The van der Waals surface area contributed by atoms with Crippen LogP contribution in [0.2, 0.25) is 0 Å². The van der Waals surface area contributed by atoms with E-state index < -0.39 is 5.97 Å². The Labute approximate surface area is 113 Å². The number of rotatable bonds is 10. The molecule has 0 fully saturated rings. The largest absolute Gasteiger partial charge is 0.481 e. The molecule has 0 bridgehead atoms. The van der Waals surface area contributed by atoms with E-state index in [4.69, 9.17) is 5.11 Å². The van der Waals surface area contributed by atoms with Crippen LogP contribution in [0.5, 0.6) is 0 Å². The Balaban J connectivity index is 3.49. The zero-order valence-electron chi connectivity index (χ0n) is 11.2. The summed E-state index contributed by atoms with van der Waals surface area (Å²) in [6.45, 7) is 2.65. The Morgan fingerprint density at radius 2 is 2.00 bits per heavy atom. The fraction of sp³-hybridized carbons (Fsp3) is 0.833. The van der Waals surface area contributed by atoms with E-state index in [0.717, 1.165) is 25.0 Å². The minimum absolute atomic E-state index is 0.130. The summed E-state index contributed by atoms with van der Waals surface area (Å²) in [5.74, 6) is 0.159. The average molecular weight is 276 g/mol. The summed E-state index contributed by atoms with van der Waals surface area (Å²) in [7, 11) is 0. The van der Waals surface area contributed by atoms with Crippen LogP contribution in [0.15, 0.2) is 0 Å². The van der Waals surface area contributed by atoms with Gasteiger partial charge in [0.25, 0.3) is 0 Å². The molecule has 6 heteroatoms. The molecule has 0 aromatic rings. The Morgan fingerprint density at radius 3 is 2.56 bits per heavy atom. The highest BCUT2D eigenvalue weighted by Crippen LogP contribution is 2.01. The lowest BCUT2D eigenvalue weighted by molar-refractivity contribution is -0.137. The summed E-state index contributed by atoms with van der Waals surface area (Å²) in [6, 6.07) is 0.0844. The maximum atomic E-state index is 11.5. The number of carboxylic acids is 1. The molecule has 1 atom stereocenters. The molecule has 2 amide bonds. The van der Waals surface area contributed by atoms with Crippen LogP contribution in [-0.2, 0) is 4.79 Å². The number of urea groups is 1. The molecule has 106 valence electrons. The lowest BCUT2D eigenvalue weighted by atomic mass is 10.2. The van der Waals surface area contributed by atoms with Gasteiger partial charge in [-0.05, 0) is 25.5 Å². The van der Waals surface area contributed by atoms with Gasteiger partial charge in [-0.15, -0.1) is 0 Å². The average Bonchev–Trinajstić information content (AvgIpc) is 2.32. The third kappa shape index (κ3) is 10.3. The van der Waals surface area contributed by atoms with Crippen LogP contribution in [0.4, 0.5) is 4.79 Å². The molecule has 0 aromatic heterocycles. The number of carbonyl (C=O) groups excluding carboxylic acids is 1. The summed E-state index contributed by atoms with van der Waals surface area (Å²) >= 11 is 1.72. The van der Waals surface area contributed by atoms with E-state index in [1.54, 1.807) is 11.8 Å². The van der Waals surface area contributed by atoms with Crippen molar-refractivity contribution in [3.8, 4) is 0 Å². The molecular formula is C12H24N2O3S. The van der Waals surface area contributed by atoms with Crippen molar-refractivity contribution < 1.29 is 14.7 Å². The first-order chi connectivity index (χ1) is 8.60. The number of amides is 2. The van der Waals surface area contributed by atoms with Gasteiger partial charge in [0.1, 0.15) is 0 Å². The first kappa shape index (κ1) is 17.1. The van der Waals surface area contributed by atoms with Gasteiger partial charge in [0.05, 0.1) is 0 Å². The van der Waals surface area contributed by atoms with Gasteiger partial charge in [-0.2, -0.15) is 11.8 Å². The first-order valence-corrected chi connectivity index (χ1v) is 7.74. The van der Waals surface area contributed by atoms with Crippen molar-refractivity contribution in [1.82, 2.24) is 10.6 Å². The standard InChI is InChI=1S/C12H24N2O3S/c1-3-10(9-18-2)14-12(17)13-8-6-4-5-7-11(15)16/h10H,3-9H2,1-2H3,(H,15,16)(H2,13,14,17). The van der Waals surface area contributed by atoms with Gasteiger partial charge in [0, 0.05) is 24.8 Å². The third-order valence-electron chi connectivity index (χ3n) is 2.55. The van der Waals surface area contributed by atoms with Crippen LogP contribution < -0.4 is 10.6 Å². The number of hydrogen-bond donors (Lipinski definition) is 3. The number of aliphatic carboxylic acids is 1. The normalized spacial score (nSPS) is 11.9. The Bertz CT molecular complexity index is 249. The van der Waals surface area contributed by atoms with Gasteiger partial charge in [-0.1, -0.05) is 13.3 Å². The van der Waals surface area contributed by atoms with E-state index in [2.05, 4.69) is 10.6 Å². The first-order valence-electron chi connectivity index (χ1n) is 6.35. The fourth-order valence-corrected chi connectivity index (χ4v) is 2.20. The monoisotopic (exact) mass is 276 g/mol. The highest BCUT2D eigenvalue weighted by molar-refractivity contribution is 7.98. The van der Waals surface area contributed by atoms with Crippen molar-refractivity contribution in [3.63, 3.8) is 0 Å². The molecule has 0 saturated heterocycles. The van der Waals surface area contributed by atoms with Crippen LogP contribution in [0, 0.1) is 0 Å². The molecule has 0 aliphatic rings. The quantitative estimate of drug-likeness (QED) is 0.534. The molecule has 0 radical (unpaired) electrons. The van der Waals surface area contributed by atoms with Crippen LogP contribution >= 0.6 is 11.8 Å². The summed E-state index contributed by atoms with van der Waals surface area (Å²) < 4.78 is 0. The number of unbranched alkanes of at least 4 members (excludes halogenated alkanes) is 2. The van der Waals surface area contributed by atoms with E-state index >= 15 is 0 Å². The zero-order valence-corrected chi connectivity index (χ0v) is 12.0. The number of hydrogen-bond acceptors (Lipinski definition) is 3. The topological polar surface area (TPSA) is 78.4 Å². The number of carboxylic acid groups (broad SMARTS) is 1. The maximum Gasteiger partial charge on any atom is 0.315 e. The molecule has 0 aromatic carbocycles. The van der Waals surface area contributed by atoms with E-state index in [-0.39, 0.29) is 18.5 Å². The van der Waals surface area contributed by atoms with Gasteiger partial charge < -0.3 is 15.7 Å². The van der Waals surface area contributed by atoms with E-state index in [1.807, 2.05) is 13.2 Å². The molecule has 0 rings (SSSR count). The second-order valence-electron chi connectivity index (χ2n) is 4.17. The Hall–Kier alpha value is -0.910. The van der Waals surface area contributed by atoms with Crippen molar-refractivity contribution in [1.29, 1.82) is 0 Å². The lowest BCUT2D eigenvalue weighted by Crippen LogP contribution is -2.43. The van der Waals surface area contributed by atoms with Gasteiger partial charge in [0.15, 0.2) is 0 Å². The molecule has 1 unspecified atom stereocenters. The minimum Gasteiger partial charge on any atom is -0.481 e. The van der Waals surface area contributed by atoms with Crippen LogP contribution in [0.25, 0.3) is 0 Å². The lowest BCUT2D eigenvalue weighted by Gasteiger charge is -2.16. The van der Waals surface area contributed by atoms with Gasteiger partial charge in [-0.25, -0.2) is 4.79 Å². The van der Waals surface area contributed by atoms with E-state index in [0.29, 0.717) is 13.0 Å². The molecular weight excluding hydrogens is 252 g/mol. The number of nitrogens with one attached hydrogen (secondary N) is 2. The van der Waals surface area contributed by atoms with Crippen molar-refractivity contribution in [2.45, 2.75) is 45.1 Å². The second kappa shape index (κ2) is 11.2. The molecule has 0 aliphatic heterocycles. The number of thioether (sulfide) groups is 1.